The Morgan fingerprint density at radius 2 is 2.08 bits per heavy atom. The van der Waals surface area contributed by atoms with E-state index in [1.807, 2.05) is 12.1 Å². The van der Waals surface area contributed by atoms with E-state index in [0.717, 1.165) is 43.0 Å². The number of aryl methyl sites for hydroxylation is 1. The number of carbonyl (C=O) groups is 1. The molecule has 1 amide bonds. The molecule has 0 aliphatic carbocycles. The van der Waals surface area contributed by atoms with Crippen LogP contribution in [-0.2, 0) is 19.5 Å². The number of halogens is 1. The van der Waals surface area contributed by atoms with Gasteiger partial charge >= 0.3 is 0 Å². The number of hydrogen-bond acceptors (Lipinski definition) is 4. The number of amides is 1. The number of rotatable bonds is 4. The summed E-state index contributed by atoms with van der Waals surface area (Å²) in [6.45, 7) is 1.26. The maximum Gasteiger partial charge on any atom is 0.269 e. The van der Waals surface area contributed by atoms with Gasteiger partial charge in [-0.15, -0.1) is 10.2 Å². The first-order valence-corrected chi connectivity index (χ1v) is 8.59. The summed E-state index contributed by atoms with van der Waals surface area (Å²) in [6.07, 6.45) is 3.22. The van der Waals surface area contributed by atoms with Crippen molar-refractivity contribution in [2.24, 2.45) is 0 Å². The van der Waals surface area contributed by atoms with E-state index in [2.05, 4.69) is 30.3 Å². The summed E-state index contributed by atoms with van der Waals surface area (Å²) >= 11 is 5.89. The molecule has 3 heterocycles. The highest BCUT2D eigenvalue weighted by Crippen LogP contribution is 2.20. The lowest BCUT2D eigenvalue weighted by Crippen LogP contribution is -2.26. The van der Waals surface area contributed by atoms with E-state index < -0.39 is 0 Å². The molecule has 1 aliphatic heterocycles. The summed E-state index contributed by atoms with van der Waals surface area (Å²) in [4.78, 5) is 12.3. The van der Waals surface area contributed by atoms with Gasteiger partial charge in [0.2, 0.25) is 0 Å². The Hall–Kier alpha value is -2.67. The van der Waals surface area contributed by atoms with E-state index in [9.17, 15) is 4.79 Å². The van der Waals surface area contributed by atoms with Crippen LogP contribution in [0.2, 0.25) is 5.02 Å². The summed E-state index contributed by atoms with van der Waals surface area (Å²) in [7, 11) is 0. The number of nitrogens with one attached hydrogen (secondary N) is 2. The molecule has 8 heteroatoms. The fourth-order valence-corrected chi connectivity index (χ4v) is 3.09. The third-order valence-electron chi connectivity index (χ3n) is 4.31. The van der Waals surface area contributed by atoms with Crippen LogP contribution in [-0.4, -0.2) is 30.9 Å². The average Bonchev–Trinajstić information content (AvgIpc) is 3.28. The van der Waals surface area contributed by atoms with E-state index in [1.165, 1.54) is 0 Å². The molecule has 0 radical (unpaired) electrons. The zero-order valence-electron chi connectivity index (χ0n) is 13.5. The third-order valence-corrected chi connectivity index (χ3v) is 4.56. The molecule has 7 nitrogen and oxygen atoms in total. The lowest BCUT2D eigenvalue weighted by atomic mass is 10.1. The maximum absolute atomic E-state index is 12.3. The quantitative estimate of drug-likeness (QED) is 0.752. The van der Waals surface area contributed by atoms with Crippen molar-refractivity contribution in [1.82, 2.24) is 30.3 Å². The molecule has 1 aliphatic rings. The number of aromatic amines is 1. The molecule has 0 fully saturated rings. The zero-order valence-corrected chi connectivity index (χ0v) is 14.3. The van der Waals surface area contributed by atoms with Crippen LogP contribution in [0.3, 0.4) is 0 Å². The van der Waals surface area contributed by atoms with Crippen molar-refractivity contribution >= 4 is 17.5 Å². The Balaban J connectivity index is 1.43. The Bertz CT molecular complexity index is 898. The smallest absolute Gasteiger partial charge is 0.269 e. The number of carbonyl (C=O) groups excluding carboxylic acids is 1. The molecule has 3 aromatic rings. The molecule has 0 saturated carbocycles. The highest BCUT2D eigenvalue weighted by Gasteiger charge is 2.17. The minimum absolute atomic E-state index is 0.221. The summed E-state index contributed by atoms with van der Waals surface area (Å²) in [5.41, 5.74) is 2.00. The molecule has 0 saturated heterocycles. The van der Waals surface area contributed by atoms with Crippen molar-refractivity contribution in [3.8, 4) is 11.3 Å². The highest BCUT2D eigenvalue weighted by atomic mass is 35.5. The Morgan fingerprint density at radius 1 is 1.24 bits per heavy atom. The molecule has 4 rings (SSSR count). The van der Waals surface area contributed by atoms with Crippen molar-refractivity contribution in [2.45, 2.75) is 32.4 Å². The normalized spacial score (nSPS) is 13.5. The molecule has 0 bridgehead atoms. The first-order chi connectivity index (χ1) is 12.2. The second-order valence-electron chi connectivity index (χ2n) is 6.00. The van der Waals surface area contributed by atoms with E-state index in [1.54, 1.807) is 18.2 Å². The largest absolute Gasteiger partial charge is 0.343 e. The number of fused-ring (bicyclic) bond motifs is 1. The van der Waals surface area contributed by atoms with Gasteiger partial charge in [-0.3, -0.25) is 9.89 Å². The van der Waals surface area contributed by atoms with Crippen molar-refractivity contribution in [1.29, 1.82) is 0 Å². The number of H-pyrrole nitrogens is 1. The van der Waals surface area contributed by atoms with Crippen molar-refractivity contribution in [3.05, 3.63) is 52.7 Å². The van der Waals surface area contributed by atoms with Crippen LogP contribution in [0.5, 0.6) is 0 Å². The minimum atomic E-state index is -0.221. The topological polar surface area (TPSA) is 88.5 Å². The molecule has 0 atom stereocenters. The van der Waals surface area contributed by atoms with Gasteiger partial charge in [0.1, 0.15) is 11.5 Å². The minimum Gasteiger partial charge on any atom is -0.343 e. The zero-order chi connectivity index (χ0) is 17.2. The molecular weight excluding hydrogens is 340 g/mol. The second-order valence-corrected chi connectivity index (χ2v) is 6.43. The Morgan fingerprint density at radius 3 is 2.92 bits per heavy atom. The van der Waals surface area contributed by atoms with Gasteiger partial charge in [0, 0.05) is 23.6 Å². The van der Waals surface area contributed by atoms with Crippen LogP contribution in [0.4, 0.5) is 0 Å². The Labute approximate surface area is 149 Å². The summed E-state index contributed by atoms with van der Waals surface area (Å²) in [6, 6.07) is 9.03. The van der Waals surface area contributed by atoms with Crippen LogP contribution in [0.15, 0.2) is 30.3 Å². The van der Waals surface area contributed by atoms with Gasteiger partial charge in [-0.25, -0.2) is 0 Å². The summed E-state index contributed by atoms with van der Waals surface area (Å²) < 4.78 is 2.09. The third kappa shape index (κ3) is 3.28. The highest BCUT2D eigenvalue weighted by molar-refractivity contribution is 6.30. The van der Waals surface area contributed by atoms with E-state index in [-0.39, 0.29) is 5.91 Å². The van der Waals surface area contributed by atoms with Gasteiger partial charge in [-0.1, -0.05) is 23.7 Å². The van der Waals surface area contributed by atoms with E-state index >= 15 is 0 Å². The molecule has 128 valence electrons. The van der Waals surface area contributed by atoms with Gasteiger partial charge in [-0.05, 0) is 31.0 Å². The lowest BCUT2D eigenvalue weighted by Gasteiger charge is -2.14. The molecule has 2 aromatic heterocycles. The predicted octanol–water partition coefficient (Wildman–Crippen LogP) is 2.59. The molecular formula is C17H17ClN6O. The van der Waals surface area contributed by atoms with Crippen LogP contribution in [0.25, 0.3) is 11.3 Å². The lowest BCUT2D eigenvalue weighted by molar-refractivity contribution is 0.0944. The van der Waals surface area contributed by atoms with E-state index in [0.29, 0.717) is 23.0 Å². The SMILES string of the molecule is O=C(NCc1nnc2n1CCCC2)c1cc(-c2ccc(Cl)cc2)n[nH]1. The summed E-state index contributed by atoms with van der Waals surface area (Å²) in [5, 5.41) is 18.9. The van der Waals surface area contributed by atoms with Crippen LogP contribution < -0.4 is 5.32 Å². The maximum atomic E-state index is 12.3. The average molecular weight is 357 g/mol. The van der Waals surface area contributed by atoms with Gasteiger partial charge in [-0.2, -0.15) is 5.10 Å². The van der Waals surface area contributed by atoms with Gasteiger partial charge < -0.3 is 9.88 Å². The van der Waals surface area contributed by atoms with Crippen LogP contribution in [0, 0.1) is 0 Å². The van der Waals surface area contributed by atoms with Gasteiger partial charge in [0.05, 0.1) is 12.2 Å². The van der Waals surface area contributed by atoms with Crippen molar-refractivity contribution in [2.75, 3.05) is 0 Å². The second kappa shape index (κ2) is 6.68. The fourth-order valence-electron chi connectivity index (χ4n) is 2.96. The van der Waals surface area contributed by atoms with Gasteiger partial charge in [0.25, 0.3) is 5.91 Å². The summed E-state index contributed by atoms with van der Waals surface area (Å²) in [5.74, 6) is 1.57. The first kappa shape index (κ1) is 15.8. The van der Waals surface area contributed by atoms with Gasteiger partial charge in [0.15, 0.2) is 5.82 Å². The van der Waals surface area contributed by atoms with Crippen molar-refractivity contribution in [3.63, 3.8) is 0 Å². The Kier molecular flexibility index (Phi) is 4.23. The number of benzene rings is 1. The first-order valence-electron chi connectivity index (χ1n) is 8.21. The monoisotopic (exact) mass is 356 g/mol. The molecule has 1 aromatic carbocycles. The number of hydrogen-bond donors (Lipinski definition) is 2. The standard InChI is InChI=1S/C17H17ClN6O/c18-12-6-4-11(5-7-12)13-9-14(21-20-13)17(25)19-10-16-23-22-15-3-1-2-8-24(15)16/h4-7,9H,1-3,8,10H2,(H,19,25)(H,20,21). The van der Waals surface area contributed by atoms with Crippen molar-refractivity contribution < 1.29 is 4.79 Å². The van der Waals surface area contributed by atoms with Crippen LogP contribution in [0.1, 0.15) is 35.0 Å². The number of aromatic nitrogens is 5. The molecule has 25 heavy (non-hydrogen) atoms. The predicted molar refractivity (Wildman–Crippen MR) is 93.2 cm³/mol. The van der Waals surface area contributed by atoms with E-state index in [4.69, 9.17) is 11.6 Å². The molecule has 2 N–H and O–H groups in total. The fraction of sp³-hybridized carbons (Fsp3) is 0.294. The number of nitrogens with zero attached hydrogens (tertiary/aromatic N) is 4. The van der Waals surface area contributed by atoms with Crippen LogP contribution >= 0.6 is 11.6 Å². The molecule has 0 unspecified atom stereocenters. The molecule has 0 spiro atoms.